The summed E-state index contributed by atoms with van der Waals surface area (Å²) in [5.41, 5.74) is 0.254. The fraction of sp³-hybridized carbons (Fsp3) is 0.214. The van der Waals surface area contributed by atoms with Gasteiger partial charge in [0.2, 0.25) is 11.0 Å². The van der Waals surface area contributed by atoms with Gasteiger partial charge in [-0.25, -0.2) is 5.10 Å². The number of nitrogens with one attached hydrogen (secondary N) is 2. The molecule has 0 aliphatic carbocycles. The van der Waals surface area contributed by atoms with Crippen LogP contribution in [0, 0.1) is 0 Å². The van der Waals surface area contributed by atoms with E-state index >= 15 is 0 Å². The number of rotatable bonds is 4. The lowest BCUT2D eigenvalue weighted by molar-refractivity contribution is -0.115. The summed E-state index contributed by atoms with van der Waals surface area (Å²) >= 11 is 1.35. The predicted molar refractivity (Wildman–Crippen MR) is 84.0 cm³/mol. The van der Waals surface area contributed by atoms with Crippen molar-refractivity contribution in [1.82, 2.24) is 20.4 Å². The second kappa shape index (κ2) is 6.02. The molecule has 2 aromatic heterocycles. The van der Waals surface area contributed by atoms with E-state index in [4.69, 9.17) is 0 Å². The van der Waals surface area contributed by atoms with Crippen molar-refractivity contribution in [1.29, 1.82) is 0 Å². The van der Waals surface area contributed by atoms with Crippen LogP contribution in [0.15, 0.2) is 29.1 Å². The molecule has 0 radical (unpaired) electrons. The lowest BCUT2D eigenvalue weighted by Crippen LogP contribution is -2.18. The van der Waals surface area contributed by atoms with Crippen molar-refractivity contribution in [2.45, 2.75) is 19.8 Å². The van der Waals surface area contributed by atoms with Crippen molar-refractivity contribution in [3.05, 3.63) is 45.3 Å². The van der Waals surface area contributed by atoms with Gasteiger partial charge in [0.1, 0.15) is 5.01 Å². The Kier molecular flexibility index (Phi) is 3.92. The third kappa shape index (κ3) is 2.86. The lowest BCUT2D eigenvalue weighted by atomic mass is 10.1. The van der Waals surface area contributed by atoms with E-state index in [0.29, 0.717) is 21.6 Å². The van der Waals surface area contributed by atoms with Crippen LogP contribution in [0.1, 0.15) is 17.6 Å². The standard InChI is InChI=1S/C14H13N5O2S/c1-2-12-17-19-14(22-12)15-11(20)7-10-8-5-3-4-6-9(8)13(21)18-16-10/h3-6H,2,7H2,1H3,(H,18,21)(H,15,19,20). The van der Waals surface area contributed by atoms with Gasteiger partial charge >= 0.3 is 0 Å². The third-order valence-corrected chi connectivity index (χ3v) is 4.10. The highest BCUT2D eigenvalue weighted by atomic mass is 32.1. The van der Waals surface area contributed by atoms with E-state index in [1.165, 1.54) is 11.3 Å². The van der Waals surface area contributed by atoms with Crippen molar-refractivity contribution in [2.75, 3.05) is 5.32 Å². The van der Waals surface area contributed by atoms with Crippen LogP contribution >= 0.6 is 11.3 Å². The topological polar surface area (TPSA) is 101 Å². The molecule has 8 heteroatoms. The Labute approximate surface area is 129 Å². The molecule has 0 atom stereocenters. The molecule has 2 N–H and O–H groups in total. The number of hydrogen-bond acceptors (Lipinski definition) is 6. The summed E-state index contributed by atoms with van der Waals surface area (Å²) in [6, 6.07) is 7.06. The highest BCUT2D eigenvalue weighted by molar-refractivity contribution is 7.15. The van der Waals surface area contributed by atoms with Gasteiger partial charge in [0.15, 0.2) is 0 Å². The molecule has 0 bridgehead atoms. The van der Waals surface area contributed by atoms with E-state index in [1.807, 2.05) is 13.0 Å². The lowest BCUT2D eigenvalue weighted by Gasteiger charge is -2.04. The maximum Gasteiger partial charge on any atom is 0.272 e. The largest absolute Gasteiger partial charge is 0.300 e. The van der Waals surface area contributed by atoms with E-state index in [2.05, 4.69) is 25.7 Å². The van der Waals surface area contributed by atoms with Gasteiger partial charge in [-0.3, -0.25) is 9.59 Å². The summed E-state index contributed by atoms with van der Waals surface area (Å²) in [5.74, 6) is -0.247. The first-order valence-corrected chi connectivity index (χ1v) is 7.57. The number of benzene rings is 1. The average molecular weight is 315 g/mol. The van der Waals surface area contributed by atoms with Crippen LogP contribution in [0.3, 0.4) is 0 Å². The molecule has 22 heavy (non-hydrogen) atoms. The number of aryl methyl sites for hydroxylation is 1. The molecule has 7 nitrogen and oxygen atoms in total. The minimum absolute atomic E-state index is 0.0539. The van der Waals surface area contributed by atoms with Gasteiger partial charge in [-0.05, 0) is 12.5 Å². The minimum Gasteiger partial charge on any atom is -0.300 e. The number of H-pyrrole nitrogens is 1. The zero-order chi connectivity index (χ0) is 15.5. The Hall–Kier alpha value is -2.61. The minimum atomic E-state index is -0.267. The first kappa shape index (κ1) is 14.3. The summed E-state index contributed by atoms with van der Waals surface area (Å²) in [4.78, 5) is 23.8. The van der Waals surface area contributed by atoms with Gasteiger partial charge in [-0.1, -0.05) is 36.5 Å². The number of aromatic amines is 1. The van der Waals surface area contributed by atoms with Crippen LogP contribution in [-0.4, -0.2) is 26.3 Å². The smallest absolute Gasteiger partial charge is 0.272 e. The molecule has 3 rings (SSSR count). The quantitative estimate of drug-likeness (QED) is 0.760. The number of anilines is 1. The average Bonchev–Trinajstić information content (AvgIpc) is 2.98. The van der Waals surface area contributed by atoms with Crippen LogP contribution in [0.4, 0.5) is 5.13 Å². The Morgan fingerprint density at radius 1 is 1.27 bits per heavy atom. The van der Waals surface area contributed by atoms with E-state index in [-0.39, 0.29) is 17.9 Å². The van der Waals surface area contributed by atoms with Crippen LogP contribution in [0.5, 0.6) is 0 Å². The maximum absolute atomic E-state index is 12.1. The molecule has 0 saturated heterocycles. The van der Waals surface area contributed by atoms with E-state index in [9.17, 15) is 9.59 Å². The molecule has 0 spiro atoms. The molecule has 0 aliphatic rings. The molecule has 0 unspecified atom stereocenters. The molecule has 1 aromatic carbocycles. The fourth-order valence-corrected chi connectivity index (χ4v) is 2.76. The fourth-order valence-electron chi connectivity index (χ4n) is 2.07. The number of carbonyl (C=O) groups is 1. The number of amides is 1. The number of hydrogen-bond donors (Lipinski definition) is 2. The van der Waals surface area contributed by atoms with E-state index < -0.39 is 0 Å². The Morgan fingerprint density at radius 2 is 2.05 bits per heavy atom. The zero-order valence-electron chi connectivity index (χ0n) is 11.8. The molecule has 3 aromatic rings. The highest BCUT2D eigenvalue weighted by Crippen LogP contribution is 2.17. The van der Waals surface area contributed by atoms with Crippen molar-refractivity contribution < 1.29 is 4.79 Å². The monoisotopic (exact) mass is 315 g/mol. The van der Waals surface area contributed by atoms with Crippen molar-refractivity contribution in [3.8, 4) is 0 Å². The summed E-state index contributed by atoms with van der Waals surface area (Å²) in [5, 5.41) is 19.5. The highest BCUT2D eigenvalue weighted by Gasteiger charge is 2.12. The molecular formula is C14H13N5O2S. The van der Waals surface area contributed by atoms with Crippen molar-refractivity contribution in [2.24, 2.45) is 0 Å². The Morgan fingerprint density at radius 3 is 2.77 bits per heavy atom. The molecule has 0 fully saturated rings. The van der Waals surface area contributed by atoms with Crippen LogP contribution in [-0.2, 0) is 17.6 Å². The van der Waals surface area contributed by atoms with Gasteiger partial charge in [0, 0.05) is 5.39 Å². The maximum atomic E-state index is 12.1. The van der Waals surface area contributed by atoms with Crippen LogP contribution < -0.4 is 10.9 Å². The number of aromatic nitrogens is 4. The first-order chi connectivity index (χ1) is 10.7. The number of nitrogens with zero attached hydrogens (tertiary/aromatic N) is 3. The Balaban J connectivity index is 1.82. The van der Waals surface area contributed by atoms with Gasteiger partial charge in [-0.15, -0.1) is 10.2 Å². The van der Waals surface area contributed by atoms with Gasteiger partial charge in [0.25, 0.3) is 5.56 Å². The van der Waals surface area contributed by atoms with Crippen LogP contribution in [0.25, 0.3) is 10.8 Å². The van der Waals surface area contributed by atoms with Gasteiger partial charge < -0.3 is 5.32 Å². The van der Waals surface area contributed by atoms with Crippen LogP contribution in [0.2, 0.25) is 0 Å². The molecule has 2 heterocycles. The van der Waals surface area contributed by atoms with Crippen molar-refractivity contribution >= 4 is 33.1 Å². The summed E-state index contributed by atoms with van der Waals surface area (Å²) in [6.45, 7) is 1.97. The molecule has 112 valence electrons. The second-order valence-corrected chi connectivity index (χ2v) is 5.69. The molecule has 1 amide bonds. The normalized spacial score (nSPS) is 10.8. The van der Waals surface area contributed by atoms with Gasteiger partial charge in [0.05, 0.1) is 17.5 Å². The SMILES string of the molecule is CCc1nnc(NC(=O)Cc2n[nH]c(=O)c3ccccc23)s1. The van der Waals surface area contributed by atoms with E-state index in [0.717, 1.165) is 11.4 Å². The second-order valence-electron chi connectivity index (χ2n) is 4.62. The molecule has 0 aliphatic heterocycles. The summed E-state index contributed by atoms with van der Waals surface area (Å²) in [6.07, 6.45) is 0.831. The third-order valence-electron chi connectivity index (χ3n) is 3.12. The summed E-state index contributed by atoms with van der Waals surface area (Å²) < 4.78 is 0. The summed E-state index contributed by atoms with van der Waals surface area (Å²) in [7, 11) is 0. The predicted octanol–water partition coefficient (Wildman–Crippen LogP) is 1.52. The molecular weight excluding hydrogens is 302 g/mol. The van der Waals surface area contributed by atoms with Crippen molar-refractivity contribution in [3.63, 3.8) is 0 Å². The molecule has 0 saturated carbocycles. The zero-order valence-corrected chi connectivity index (χ0v) is 12.6. The van der Waals surface area contributed by atoms with E-state index in [1.54, 1.807) is 18.2 Å². The first-order valence-electron chi connectivity index (χ1n) is 6.76. The Bertz CT molecular complexity index is 886. The number of carbonyl (C=O) groups excluding carboxylic acids is 1. The number of fused-ring (bicyclic) bond motifs is 1. The van der Waals surface area contributed by atoms with Gasteiger partial charge in [-0.2, -0.15) is 5.10 Å².